The van der Waals surface area contributed by atoms with E-state index in [9.17, 15) is 9.50 Å². The number of aromatic hydroxyl groups is 1. The molecule has 2 bridgehead atoms. The molecule has 3 aromatic heterocycles. The van der Waals surface area contributed by atoms with E-state index in [4.69, 9.17) is 0 Å². The van der Waals surface area contributed by atoms with Crippen molar-refractivity contribution in [3.8, 4) is 22.8 Å². The molecule has 2 saturated heterocycles. The quantitative estimate of drug-likeness (QED) is 0.672. The monoisotopic (exact) mass is 410 g/mol. The van der Waals surface area contributed by atoms with Crippen LogP contribution in [-0.2, 0) is 0 Å². The number of piperidine rings is 2. The highest BCUT2D eigenvalue weighted by molar-refractivity contribution is 5.66. The summed E-state index contributed by atoms with van der Waals surface area (Å²) in [6, 6.07) is 1.49. The van der Waals surface area contributed by atoms with Gasteiger partial charge < -0.3 is 15.3 Å². The van der Waals surface area contributed by atoms with Gasteiger partial charge in [-0.25, -0.2) is 19.3 Å². The van der Waals surface area contributed by atoms with Crippen molar-refractivity contribution in [2.75, 3.05) is 11.9 Å². The average Bonchev–Trinajstić information content (AvgIpc) is 3.31. The van der Waals surface area contributed by atoms with Crippen LogP contribution in [0.5, 0.6) is 5.75 Å². The van der Waals surface area contributed by atoms with Crippen LogP contribution in [0.2, 0.25) is 0 Å². The topological polar surface area (TPSA) is 105 Å². The Labute approximate surface area is 173 Å². The van der Waals surface area contributed by atoms with Crippen LogP contribution in [0.25, 0.3) is 17.1 Å². The number of alkyl halides is 1. The Morgan fingerprint density at radius 3 is 2.87 bits per heavy atom. The fraction of sp³-hybridized carbons (Fsp3) is 0.450. The van der Waals surface area contributed by atoms with Gasteiger partial charge in [0.25, 0.3) is 0 Å². The van der Waals surface area contributed by atoms with E-state index in [1.165, 1.54) is 18.5 Å². The Bertz CT molecular complexity index is 1010. The molecule has 2 aliphatic rings. The minimum atomic E-state index is -0.973. The fourth-order valence-electron chi connectivity index (χ4n) is 4.42. The molecule has 0 saturated carbocycles. The SMILES string of the molecule is CN(c1ncc(-c2cnc(-n3ccnc3)cc2O)nn1)[C@@H]1CC2CCCC(N2)[C@H]1F. The molecule has 9 nitrogen and oxygen atoms in total. The molecule has 0 amide bonds. The van der Waals surface area contributed by atoms with E-state index in [1.807, 2.05) is 7.05 Å². The Kier molecular flexibility index (Phi) is 4.78. The smallest absolute Gasteiger partial charge is 0.245 e. The van der Waals surface area contributed by atoms with Crippen molar-refractivity contribution in [2.24, 2.45) is 0 Å². The van der Waals surface area contributed by atoms with Crippen LogP contribution < -0.4 is 10.2 Å². The number of imidazole rings is 1. The van der Waals surface area contributed by atoms with Gasteiger partial charge in [0.15, 0.2) is 0 Å². The largest absolute Gasteiger partial charge is 0.507 e. The van der Waals surface area contributed by atoms with Crippen LogP contribution in [0.4, 0.5) is 10.3 Å². The lowest BCUT2D eigenvalue weighted by atomic mass is 9.82. The van der Waals surface area contributed by atoms with E-state index in [0.717, 1.165) is 25.7 Å². The summed E-state index contributed by atoms with van der Waals surface area (Å²) < 4.78 is 16.7. The van der Waals surface area contributed by atoms with Gasteiger partial charge in [-0.2, -0.15) is 0 Å². The lowest BCUT2D eigenvalue weighted by molar-refractivity contribution is 0.106. The molecule has 30 heavy (non-hydrogen) atoms. The predicted molar refractivity (Wildman–Crippen MR) is 108 cm³/mol. The second kappa shape index (κ2) is 7.60. The molecular formula is C20H23FN8O. The van der Waals surface area contributed by atoms with Crippen molar-refractivity contribution >= 4 is 5.95 Å². The standard InChI is InChI=1S/C20H23FN8O/c1-28(16-7-12-3-2-4-14(25-12)19(16)21)20-24-10-15(26-27-20)13-9-23-18(8-17(13)30)29-6-5-22-11-29/h5-6,8-12,14,16,19,25H,2-4,7H2,1H3,(H,23,30)/t12?,14?,16-,19-/m1/s1. The minimum absolute atomic E-state index is 0.0147. The van der Waals surface area contributed by atoms with Gasteiger partial charge in [-0.1, -0.05) is 6.42 Å². The molecule has 156 valence electrons. The minimum Gasteiger partial charge on any atom is -0.507 e. The Morgan fingerprint density at radius 1 is 1.23 bits per heavy atom. The zero-order valence-electron chi connectivity index (χ0n) is 16.6. The zero-order valence-corrected chi connectivity index (χ0v) is 16.6. The van der Waals surface area contributed by atoms with E-state index in [2.05, 4.69) is 30.5 Å². The van der Waals surface area contributed by atoms with Crippen LogP contribution in [0, 0.1) is 0 Å². The molecule has 5 heterocycles. The van der Waals surface area contributed by atoms with Crippen LogP contribution in [-0.4, -0.2) is 66.2 Å². The van der Waals surface area contributed by atoms with Gasteiger partial charge in [-0.15, -0.1) is 10.2 Å². The van der Waals surface area contributed by atoms with Crippen LogP contribution >= 0.6 is 0 Å². The molecule has 10 heteroatoms. The number of anilines is 1. The van der Waals surface area contributed by atoms with Gasteiger partial charge in [0.2, 0.25) is 5.95 Å². The number of nitrogens with zero attached hydrogens (tertiary/aromatic N) is 7. The van der Waals surface area contributed by atoms with Crippen molar-refractivity contribution in [1.29, 1.82) is 0 Å². The van der Waals surface area contributed by atoms with Gasteiger partial charge in [0.1, 0.15) is 29.8 Å². The van der Waals surface area contributed by atoms with Crippen molar-refractivity contribution in [2.45, 2.75) is 50.0 Å². The third-order valence-corrected chi connectivity index (χ3v) is 6.07. The number of fused-ring (bicyclic) bond motifs is 2. The van der Waals surface area contributed by atoms with Crippen molar-refractivity contribution in [1.82, 2.24) is 35.0 Å². The lowest BCUT2D eigenvalue weighted by Crippen LogP contribution is -2.61. The van der Waals surface area contributed by atoms with Gasteiger partial charge in [-0.05, 0) is 19.3 Å². The van der Waals surface area contributed by atoms with Gasteiger partial charge in [-0.3, -0.25) is 4.57 Å². The molecular weight excluding hydrogens is 387 g/mol. The van der Waals surface area contributed by atoms with E-state index >= 15 is 0 Å². The zero-order chi connectivity index (χ0) is 20.7. The molecule has 5 rings (SSSR count). The molecule has 0 spiro atoms. The number of aromatic nitrogens is 6. The predicted octanol–water partition coefficient (Wildman–Crippen LogP) is 1.88. The summed E-state index contributed by atoms with van der Waals surface area (Å²) in [6.45, 7) is 0. The summed E-state index contributed by atoms with van der Waals surface area (Å²) in [7, 11) is 1.81. The van der Waals surface area contributed by atoms with E-state index < -0.39 is 6.17 Å². The molecule has 0 aromatic carbocycles. The maximum Gasteiger partial charge on any atom is 0.245 e. The molecule has 4 atom stereocenters. The molecule has 0 radical (unpaired) electrons. The molecule has 2 unspecified atom stereocenters. The van der Waals surface area contributed by atoms with Gasteiger partial charge in [0, 0.05) is 43.8 Å². The number of hydrogen-bond acceptors (Lipinski definition) is 8. The number of nitrogens with one attached hydrogen (secondary N) is 1. The first kappa shape index (κ1) is 18.9. The Balaban J connectivity index is 1.35. The Morgan fingerprint density at radius 2 is 2.13 bits per heavy atom. The molecule has 0 aliphatic carbocycles. The highest BCUT2D eigenvalue weighted by atomic mass is 19.1. The second-order valence-corrected chi connectivity index (χ2v) is 7.93. The molecule has 2 aliphatic heterocycles. The summed E-state index contributed by atoms with van der Waals surface area (Å²) in [6.07, 6.45) is 10.8. The first-order chi connectivity index (χ1) is 14.6. The van der Waals surface area contributed by atoms with Gasteiger partial charge >= 0.3 is 0 Å². The molecule has 3 aromatic rings. The van der Waals surface area contributed by atoms with Crippen molar-refractivity contribution in [3.63, 3.8) is 0 Å². The third kappa shape index (κ3) is 3.36. The number of hydrogen-bond donors (Lipinski definition) is 2. The summed E-state index contributed by atoms with van der Waals surface area (Å²) in [5.41, 5.74) is 0.821. The molecule has 2 fully saturated rings. The first-order valence-electron chi connectivity index (χ1n) is 10.1. The van der Waals surface area contributed by atoms with E-state index in [1.54, 1.807) is 28.2 Å². The average molecular weight is 410 g/mol. The lowest BCUT2D eigenvalue weighted by Gasteiger charge is -2.45. The van der Waals surface area contributed by atoms with Gasteiger partial charge in [0.05, 0.1) is 17.8 Å². The maximum atomic E-state index is 15.0. The highest BCUT2D eigenvalue weighted by Gasteiger charge is 2.42. The second-order valence-electron chi connectivity index (χ2n) is 7.93. The number of halogens is 1. The summed E-state index contributed by atoms with van der Waals surface area (Å²) in [5, 5.41) is 22.2. The number of rotatable bonds is 4. The van der Waals surface area contributed by atoms with E-state index in [-0.39, 0.29) is 17.8 Å². The van der Waals surface area contributed by atoms with E-state index in [0.29, 0.717) is 29.1 Å². The Hall–Kier alpha value is -3.14. The third-order valence-electron chi connectivity index (χ3n) is 6.07. The highest BCUT2D eigenvalue weighted by Crippen LogP contribution is 2.32. The number of pyridine rings is 1. The summed E-state index contributed by atoms with van der Waals surface area (Å²) in [5.74, 6) is 0.922. The van der Waals surface area contributed by atoms with Crippen LogP contribution in [0.1, 0.15) is 25.7 Å². The van der Waals surface area contributed by atoms with Crippen molar-refractivity contribution < 1.29 is 9.50 Å². The maximum absolute atomic E-state index is 15.0. The summed E-state index contributed by atoms with van der Waals surface area (Å²) >= 11 is 0. The summed E-state index contributed by atoms with van der Waals surface area (Å²) in [4.78, 5) is 14.5. The van der Waals surface area contributed by atoms with Crippen LogP contribution in [0.15, 0.2) is 37.2 Å². The van der Waals surface area contributed by atoms with Crippen LogP contribution in [0.3, 0.4) is 0 Å². The first-order valence-corrected chi connectivity index (χ1v) is 10.1. The molecule has 2 N–H and O–H groups in total. The fourth-order valence-corrected chi connectivity index (χ4v) is 4.42. The van der Waals surface area contributed by atoms with Crippen molar-refractivity contribution in [3.05, 3.63) is 37.2 Å². The normalized spacial score (nSPS) is 25.8.